The summed E-state index contributed by atoms with van der Waals surface area (Å²) in [6.07, 6.45) is 2.76. The van der Waals surface area contributed by atoms with Crippen molar-refractivity contribution in [1.29, 1.82) is 0 Å². The molecule has 2 rings (SSSR count). The van der Waals surface area contributed by atoms with Crippen molar-refractivity contribution in [1.82, 2.24) is 0 Å². The highest BCUT2D eigenvalue weighted by Crippen LogP contribution is 2.34. The van der Waals surface area contributed by atoms with Crippen molar-refractivity contribution in [2.75, 3.05) is 6.61 Å². The summed E-state index contributed by atoms with van der Waals surface area (Å²) in [7, 11) is 0. The molecule has 0 spiro atoms. The van der Waals surface area contributed by atoms with E-state index in [2.05, 4.69) is 13.0 Å². The molecule has 16 heavy (non-hydrogen) atoms. The van der Waals surface area contributed by atoms with Crippen molar-refractivity contribution in [3.63, 3.8) is 0 Å². The lowest BCUT2D eigenvalue weighted by Crippen LogP contribution is -2.28. The van der Waals surface area contributed by atoms with Crippen LogP contribution in [0.15, 0.2) is 24.3 Å². The van der Waals surface area contributed by atoms with Crippen LogP contribution >= 0.6 is 0 Å². The van der Waals surface area contributed by atoms with Gasteiger partial charge in [-0.2, -0.15) is 0 Å². The van der Waals surface area contributed by atoms with Gasteiger partial charge in [-0.05, 0) is 12.5 Å². The molecule has 0 aliphatic carbocycles. The number of benzene rings is 1. The monoisotopic (exact) mass is 221 g/mol. The topological polar surface area (TPSA) is 44.5 Å². The van der Waals surface area contributed by atoms with Gasteiger partial charge in [0.05, 0.1) is 12.7 Å². The second-order valence-electron chi connectivity index (χ2n) is 4.13. The van der Waals surface area contributed by atoms with E-state index in [9.17, 15) is 0 Å². The zero-order valence-electron chi connectivity index (χ0n) is 9.69. The van der Waals surface area contributed by atoms with E-state index in [0.717, 1.165) is 30.6 Å². The van der Waals surface area contributed by atoms with Crippen LogP contribution in [-0.4, -0.2) is 12.8 Å². The van der Waals surface area contributed by atoms with Crippen molar-refractivity contribution in [2.45, 2.75) is 38.5 Å². The molecule has 0 amide bonds. The van der Waals surface area contributed by atoms with Gasteiger partial charge in [0.15, 0.2) is 0 Å². The van der Waals surface area contributed by atoms with E-state index in [-0.39, 0.29) is 12.3 Å². The van der Waals surface area contributed by atoms with Crippen LogP contribution in [0.2, 0.25) is 0 Å². The van der Waals surface area contributed by atoms with Crippen LogP contribution in [0, 0.1) is 0 Å². The van der Waals surface area contributed by atoms with Crippen molar-refractivity contribution < 1.29 is 9.47 Å². The summed E-state index contributed by atoms with van der Waals surface area (Å²) in [6.45, 7) is 2.82. The van der Waals surface area contributed by atoms with Crippen LogP contribution in [-0.2, 0) is 4.74 Å². The van der Waals surface area contributed by atoms with Gasteiger partial charge in [0.25, 0.3) is 0 Å². The number of nitrogens with two attached hydrogens (primary N) is 1. The van der Waals surface area contributed by atoms with Crippen molar-refractivity contribution >= 4 is 0 Å². The highest BCUT2D eigenvalue weighted by molar-refractivity contribution is 5.36. The van der Waals surface area contributed by atoms with Crippen molar-refractivity contribution in [3.05, 3.63) is 29.8 Å². The Morgan fingerprint density at radius 2 is 2.31 bits per heavy atom. The maximum absolute atomic E-state index is 5.91. The first-order chi connectivity index (χ1) is 7.81. The van der Waals surface area contributed by atoms with Gasteiger partial charge in [0.2, 0.25) is 0 Å². The summed E-state index contributed by atoms with van der Waals surface area (Å²) in [5.41, 5.74) is 7.03. The van der Waals surface area contributed by atoms with Gasteiger partial charge in [-0.25, -0.2) is 0 Å². The molecule has 0 bridgehead atoms. The summed E-state index contributed by atoms with van der Waals surface area (Å²) in [5.74, 6) is 0.933. The third-order valence-corrected chi connectivity index (χ3v) is 2.82. The molecule has 1 heterocycles. The lowest BCUT2D eigenvalue weighted by molar-refractivity contribution is -0.0330. The molecule has 3 nitrogen and oxygen atoms in total. The number of rotatable bonds is 4. The molecule has 0 radical (unpaired) electrons. The highest BCUT2D eigenvalue weighted by atomic mass is 16.5. The molecule has 88 valence electrons. The maximum Gasteiger partial charge on any atom is 0.125 e. The van der Waals surface area contributed by atoms with Gasteiger partial charge < -0.3 is 15.2 Å². The van der Waals surface area contributed by atoms with Gasteiger partial charge in [-0.1, -0.05) is 31.5 Å². The summed E-state index contributed by atoms with van der Waals surface area (Å²) < 4.78 is 11.4. The molecule has 2 unspecified atom stereocenters. The minimum Gasteiger partial charge on any atom is -0.493 e. The first kappa shape index (κ1) is 11.4. The standard InChI is InChI=1S/C13H19NO2/c1-2-5-13(14)16-12-8-9-15-11-7-4-3-6-10(11)12/h3-4,6-7,12-13H,2,5,8-9,14H2,1H3. The van der Waals surface area contributed by atoms with Gasteiger partial charge in [-0.3, -0.25) is 0 Å². The molecule has 0 saturated heterocycles. The minimum absolute atomic E-state index is 0.0894. The van der Waals surface area contributed by atoms with Crippen molar-refractivity contribution in [2.24, 2.45) is 5.73 Å². The number of fused-ring (bicyclic) bond motifs is 1. The van der Waals surface area contributed by atoms with Gasteiger partial charge in [0, 0.05) is 12.0 Å². The second-order valence-corrected chi connectivity index (χ2v) is 4.13. The molecule has 1 aliphatic rings. The van der Waals surface area contributed by atoms with Crippen LogP contribution in [0.1, 0.15) is 37.9 Å². The Morgan fingerprint density at radius 3 is 3.12 bits per heavy atom. The molecular weight excluding hydrogens is 202 g/mol. The Kier molecular flexibility index (Phi) is 3.80. The smallest absolute Gasteiger partial charge is 0.125 e. The minimum atomic E-state index is -0.166. The van der Waals surface area contributed by atoms with Crippen LogP contribution in [0.5, 0.6) is 5.75 Å². The summed E-state index contributed by atoms with van der Waals surface area (Å²) in [6, 6.07) is 8.02. The maximum atomic E-state index is 5.91. The normalized spacial score (nSPS) is 21.0. The molecular formula is C13H19NO2. The third kappa shape index (κ3) is 2.54. The second kappa shape index (κ2) is 5.32. The van der Waals surface area contributed by atoms with Gasteiger partial charge in [-0.15, -0.1) is 0 Å². The van der Waals surface area contributed by atoms with Crippen LogP contribution in [0.4, 0.5) is 0 Å². The molecule has 2 atom stereocenters. The van der Waals surface area contributed by atoms with Gasteiger partial charge >= 0.3 is 0 Å². The van der Waals surface area contributed by atoms with Crippen LogP contribution in [0.3, 0.4) is 0 Å². The molecule has 3 heteroatoms. The average molecular weight is 221 g/mol. The molecule has 1 aromatic rings. The first-order valence-corrected chi connectivity index (χ1v) is 5.94. The SMILES string of the molecule is CCCC(N)OC1CCOc2ccccc21. The fourth-order valence-electron chi connectivity index (χ4n) is 2.01. The van der Waals surface area contributed by atoms with Crippen molar-refractivity contribution in [3.8, 4) is 5.75 Å². The lowest BCUT2D eigenvalue weighted by atomic mass is 10.0. The fraction of sp³-hybridized carbons (Fsp3) is 0.538. The van der Waals surface area contributed by atoms with E-state index in [1.807, 2.05) is 18.2 Å². The Balaban J connectivity index is 2.07. The Morgan fingerprint density at radius 1 is 1.50 bits per heavy atom. The molecule has 0 aromatic heterocycles. The first-order valence-electron chi connectivity index (χ1n) is 5.94. The quantitative estimate of drug-likeness (QED) is 0.795. The average Bonchev–Trinajstić information content (AvgIpc) is 2.30. The zero-order chi connectivity index (χ0) is 11.4. The van der Waals surface area contributed by atoms with Crippen LogP contribution in [0.25, 0.3) is 0 Å². The highest BCUT2D eigenvalue weighted by Gasteiger charge is 2.23. The fourth-order valence-corrected chi connectivity index (χ4v) is 2.01. The Labute approximate surface area is 96.5 Å². The third-order valence-electron chi connectivity index (χ3n) is 2.82. The number of hydrogen-bond acceptors (Lipinski definition) is 3. The van der Waals surface area contributed by atoms with E-state index >= 15 is 0 Å². The van der Waals surface area contributed by atoms with Gasteiger partial charge in [0.1, 0.15) is 12.0 Å². The largest absolute Gasteiger partial charge is 0.493 e. The number of ether oxygens (including phenoxy) is 2. The van der Waals surface area contributed by atoms with E-state index in [1.165, 1.54) is 0 Å². The molecule has 1 aromatic carbocycles. The molecule has 0 saturated carbocycles. The predicted molar refractivity (Wildman–Crippen MR) is 63.3 cm³/mol. The van der Waals surface area contributed by atoms with E-state index in [4.69, 9.17) is 15.2 Å². The number of hydrogen-bond donors (Lipinski definition) is 1. The predicted octanol–water partition coefficient (Wildman–Crippen LogP) is 2.61. The summed E-state index contributed by atoms with van der Waals surface area (Å²) in [5, 5.41) is 0. The summed E-state index contributed by atoms with van der Waals surface area (Å²) >= 11 is 0. The molecule has 0 fully saturated rings. The number of para-hydroxylation sites is 1. The van der Waals surface area contributed by atoms with E-state index in [0.29, 0.717) is 6.61 Å². The zero-order valence-corrected chi connectivity index (χ0v) is 9.69. The Hall–Kier alpha value is -1.06. The summed E-state index contributed by atoms with van der Waals surface area (Å²) in [4.78, 5) is 0. The molecule has 1 aliphatic heterocycles. The lowest BCUT2D eigenvalue weighted by Gasteiger charge is -2.28. The van der Waals surface area contributed by atoms with E-state index in [1.54, 1.807) is 0 Å². The Bertz CT molecular complexity index is 340. The molecule has 2 N–H and O–H groups in total. The van der Waals surface area contributed by atoms with E-state index < -0.39 is 0 Å². The van der Waals surface area contributed by atoms with Crippen LogP contribution < -0.4 is 10.5 Å².